The van der Waals surface area contributed by atoms with Gasteiger partial charge in [-0.1, -0.05) is 11.6 Å². The number of ether oxygens (including phenoxy) is 2. The molecule has 21 heavy (non-hydrogen) atoms. The fraction of sp³-hybridized carbons (Fsp3) is 0.533. The van der Waals surface area contributed by atoms with E-state index in [4.69, 9.17) is 26.8 Å². The topological polar surface area (TPSA) is 64.8 Å². The van der Waals surface area contributed by atoms with E-state index in [0.717, 1.165) is 5.56 Å². The van der Waals surface area contributed by atoms with Gasteiger partial charge in [0.2, 0.25) is 0 Å². The highest BCUT2D eigenvalue weighted by atomic mass is 35.5. The number of rotatable bonds is 4. The van der Waals surface area contributed by atoms with E-state index in [2.05, 4.69) is 0 Å². The molecule has 1 amide bonds. The number of hydrogen-bond acceptors (Lipinski definition) is 4. The third kappa shape index (κ3) is 4.09. The van der Waals surface area contributed by atoms with Gasteiger partial charge in [-0.15, -0.1) is 0 Å². The van der Waals surface area contributed by atoms with E-state index in [9.17, 15) is 4.79 Å². The normalized spacial score (nSPS) is 18.2. The minimum atomic E-state index is -0.568. The molecule has 1 heterocycles. The van der Waals surface area contributed by atoms with E-state index >= 15 is 0 Å². The second-order valence-corrected chi connectivity index (χ2v) is 5.60. The molecule has 2 atom stereocenters. The van der Waals surface area contributed by atoms with Gasteiger partial charge in [-0.3, -0.25) is 4.79 Å². The van der Waals surface area contributed by atoms with Crippen LogP contribution in [-0.4, -0.2) is 43.2 Å². The number of nitrogens with two attached hydrogens (primary N) is 1. The molecule has 0 radical (unpaired) electrons. The molecule has 5 nitrogen and oxygen atoms in total. The van der Waals surface area contributed by atoms with Gasteiger partial charge in [0.05, 0.1) is 13.2 Å². The molecule has 0 spiro atoms. The highest BCUT2D eigenvalue weighted by Crippen LogP contribution is 2.28. The summed E-state index contributed by atoms with van der Waals surface area (Å²) in [4.78, 5) is 14.1. The van der Waals surface area contributed by atoms with Crippen molar-refractivity contribution in [3.8, 4) is 5.75 Å². The molecule has 116 valence electrons. The third-order valence-electron chi connectivity index (χ3n) is 3.44. The Labute approximate surface area is 130 Å². The maximum atomic E-state index is 12.3. The molecule has 1 aliphatic heterocycles. The number of carbonyl (C=O) groups is 1. The molecule has 0 aromatic heterocycles. The summed E-state index contributed by atoms with van der Waals surface area (Å²) in [5.74, 6) is 0.562. The van der Waals surface area contributed by atoms with Gasteiger partial charge < -0.3 is 20.1 Å². The first-order chi connectivity index (χ1) is 9.99. The fourth-order valence-corrected chi connectivity index (χ4v) is 2.44. The van der Waals surface area contributed by atoms with Crippen LogP contribution in [0, 0.1) is 0 Å². The van der Waals surface area contributed by atoms with Gasteiger partial charge in [-0.05, 0) is 32.0 Å². The van der Waals surface area contributed by atoms with Crippen LogP contribution in [0.5, 0.6) is 5.75 Å². The molecule has 0 saturated carbocycles. The van der Waals surface area contributed by atoms with Gasteiger partial charge in [-0.25, -0.2) is 0 Å². The molecule has 1 aromatic carbocycles. The van der Waals surface area contributed by atoms with Crippen LogP contribution in [0.15, 0.2) is 18.2 Å². The van der Waals surface area contributed by atoms with Crippen molar-refractivity contribution in [1.29, 1.82) is 0 Å². The highest BCUT2D eigenvalue weighted by Gasteiger charge is 2.24. The van der Waals surface area contributed by atoms with E-state index in [0.29, 0.717) is 37.1 Å². The van der Waals surface area contributed by atoms with Crippen LogP contribution in [0.4, 0.5) is 0 Å². The monoisotopic (exact) mass is 312 g/mol. The molecule has 0 bridgehead atoms. The first kappa shape index (κ1) is 16.1. The Kier molecular flexibility index (Phi) is 5.45. The van der Waals surface area contributed by atoms with Gasteiger partial charge in [0, 0.05) is 29.7 Å². The summed E-state index contributed by atoms with van der Waals surface area (Å²) in [5, 5.41) is 0.599. The number of halogens is 1. The summed E-state index contributed by atoms with van der Waals surface area (Å²) in [5.41, 5.74) is 6.72. The highest BCUT2D eigenvalue weighted by molar-refractivity contribution is 6.30. The van der Waals surface area contributed by atoms with E-state index in [1.54, 1.807) is 30.0 Å². The maximum absolute atomic E-state index is 12.3. The van der Waals surface area contributed by atoms with Crippen molar-refractivity contribution in [1.82, 2.24) is 4.90 Å². The number of nitrogens with zero attached hydrogens (tertiary/aromatic N) is 1. The molecule has 1 saturated heterocycles. The van der Waals surface area contributed by atoms with Crippen molar-refractivity contribution in [3.63, 3.8) is 0 Å². The third-order valence-corrected chi connectivity index (χ3v) is 3.67. The van der Waals surface area contributed by atoms with Crippen LogP contribution in [0.25, 0.3) is 0 Å². The lowest BCUT2D eigenvalue weighted by atomic mass is 10.1. The lowest BCUT2D eigenvalue weighted by Crippen LogP contribution is -2.46. The summed E-state index contributed by atoms with van der Waals surface area (Å²) in [6.45, 7) is 5.96. The van der Waals surface area contributed by atoms with Crippen LogP contribution in [-0.2, 0) is 9.53 Å². The Balaban J connectivity index is 2.08. The van der Waals surface area contributed by atoms with Crippen molar-refractivity contribution < 1.29 is 14.3 Å². The minimum absolute atomic E-state index is 0.0381. The standard InChI is InChI=1S/C15H21ClN2O3/c1-10(17)13-9-12(16)3-4-14(13)21-11(2)15(19)18-5-7-20-8-6-18/h3-4,9-11H,5-8,17H2,1-2H3. The van der Waals surface area contributed by atoms with Crippen molar-refractivity contribution >= 4 is 17.5 Å². The SMILES string of the molecule is CC(Oc1ccc(Cl)cc1C(C)N)C(=O)N1CCOCC1. The lowest BCUT2D eigenvalue weighted by molar-refractivity contribution is -0.142. The van der Waals surface area contributed by atoms with Crippen LogP contribution < -0.4 is 10.5 Å². The van der Waals surface area contributed by atoms with Gasteiger partial charge in [-0.2, -0.15) is 0 Å². The number of carbonyl (C=O) groups excluding carboxylic acids is 1. The van der Waals surface area contributed by atoms with Gasteiger partial charge in [0.25, 0.3) is 5.91 Å². The minimum Gasteiger partial charge on any atom is -0.481 e. The van der Waals surface area contributed by atoms with Crippen LogP contribution in [0.2, 0.25) is 5.02 Å². The Morgan fingerprint density at radius 1 is 1.38 bits per heavy atom. The predicted molar refractivity (Wildman–Crippen MR) is 81.5 cm³/mol. The van der Waals surface area contributed by atoms with Crippen molar-refractivity contribution in [3.05, 3.63) is 28.8 Å². The molecule has 1 fully saturated rings. The predicted octanol–water partition coefficient (Wildman–Crippen LogP) is 1.99. The molecular formula is C15H21ClN2O3. The summed E-state index contributed by atoms with van der Waals surface area (Å²) in [6, 6.07) is 5.04. The summed E-state index contributed by atoms with van der Waals surface area (Å²) >= 11 is 5.98. The molecule has 1 aromatic rings. The lowest BCUT2D eigenvalue weighted by Gasteiger charge is -2.29. The smallest absolute Gasteiger partial charge is 0.263 e. The second-order valence-electron chi connectivity index (χ2n) is 5.17. The van der Waals surface area contributed by atoms with Crippen molar-refractivity contribution in [2.24, 2.45) is 5.73 Å². The van der Waals surface area contributed by atoms with Gasteiger partial charge in [0.1, 0.15) is 5.75 Å². The van der Waals surface area contributed by atoms with Crippen molar-refractivity contribution in [2.75, 3.05) is 26.3 Å². The molecular weight excluding hydrogens is 292 g/mol. The Morgan fingerprint density at radius 2 is 2.05 bits per heavy atom. The van der Waals surface area contributed by atoms with Gasteiger partial charge in [0.15, 0.2) is 6.10 Å². The summed E-state index contributed by atoms with van der Waals surface area (Å²) < 4.78 is 11.1. The Bertz CT molecular complexity index is 502. The molecule has 6 heteroatoms. The zero-order valence-electron chi connectivity index (χ0n) is 12.3. The van der Waals surface area contributed by atoms with E-state index in [1.807, 2.05) is 6.92 Å². The van der Waals surface area contributed by atoms with Crippen LogP contribution in [0.1, 0.15) is 25.5 Å². The van der Waals surface area contributed by atoms with Crippen LogP contribution >= 0.6 is 11.6 Å². The number of morpholine rings is 1. The second kappa shape index (κ2) is 7.11. The first-order valence-corrected chi connectivity index (χ1v) is 7.45. The average molecular weight is 313 g/mol. The van der Waals surface area contributed by atoms with Gasteiger partial charge >= 0.3 is 0 Å². The molecule has 2 N–H and O–H groups in total. The number of benzene rings is 1. The molecule has 2 rings (SSSR count). The first-order valence-electron chi connectivity index (χ1n) is 7.07. The Hall–Kier alpha value is -1.30. The quantitative estimate of drug-likeness (QED) is 0.923. The van der Waals surface area contributed by atoms with E-state index < -0.39 is 6.10 Å². The zero-order valence-corrected chi connectivity index (χ0v) is 13.1. The summed E-state index contributed by atoms with van der Waals surface area (Å²) in [7, 11) is 0. The van der Waals surface area contributed by atoms with E-state index in [1.165, 1.54) is 0 Å². The fourth-order valence-electron chi connectivity index (χ4n) is 2.26. The maximum Gasteiger partial charge on any atom is 0.263 e. The summed E-state index contributed by atoms with van der Waals surface area (Å²) in [6.07, 6.45) is -0.568. The zero-order chi connectivity index (χ0) is 15.4. The largest absolute Gasteiger partial charge is 0.481 e. The Morgan fingerprint density at radius 3 is 2.67 bits per heavy atom. The molecule has 1 aliphatic rings. The average Bonchev–Trinajstić information content (AvgIpc) is 2.49. The van der Waals surface area contributed by atoms with E-state index in [-0.39, 0.29) is 11.9 Å². The van der Waals surface area contributed by atoms with Crippen LogP contribution in [0.3, 0.4) is 0 Å². The number of hydrogen-bond donors (Lipinski definition) is 1. The molecule has 2 unspecified atom stereocenters. The van der Waals surface area contributed by atoms with Crippen molar-refractivity contribution in [2.45, 2.75) is 26.0 Å². The molecule has 0 aliphatic carbocycles. The number of amides is 1.